The van der Waals surface area contributed by atoms with Gasteiger partial charge in [0.1, 0.15) is 70.0 Å². The number of aromatic hydroxyl groups is 3. The molecule has 1 aromatic heterocycles. The average Bonchev–Trinajstić information content (AvgIpc) is 1.34. The molecule has 7 aromatic carbocycles. The predicted molar refractivity (Wildman–Crippen MR) is 299 cm³/mol. The van der Waals surface area contributed by atoms with Crippen LogP contribution in [0.1, 0.15) is 5.69 Å². The van der Waals surface area contributed by atoms with Gasteiger partial charge in [-0.25, -0.2) is 5.26 Å². The van der Waals surface area contributed by atoms with Gasteiger partial charge in [-0.2, -0.15) is 60.3 Å². The van der Waals surface area contributed by atoms with Crippen LogP contribution < -0.4 is 15.7 Å². The van der Waals surface area contributed by atoms with Crippen molar-refractivity contribution in [2.75, 3.05) is 18.1 Å². The Morgan fingerprint density at radius 1 is 0.551 bits per heavy atom. The molecule has 8 aromatic rings. The van der Waals surface area contributed by atoms with E-state index < -0.39 is 202 Å². The van der Waals surface area contributed by atoms with Crippen LogP contribution in [0.15, 0.2) is 160 Å². The molecule has 0 aliphatic heterocycles. The minimum Gasteiger partial charge on any atom is -0.733 e. The van der Waals surface area contributed by atoms with Gasteiger partial charge >= 0.3 is 0 Å². The molecule has 46 heteroatoms. The molecule has 0 aliphatic carbocycles. The Hall–Kier alpha value is -8.92. The van der Waals surface area contributed by atoms with Gasteiger partial charge in [0.25, 0.3) is 60.7 Å². The number of fused-ring (bicyclic) bond motifs is 2. The third-order valence-corrected chi connectivity index (χ3v) is 17.8. The summed E-state index contributed by atoms with van der Waals surface area (Å²) in [6.07, 6.45) is 0. The van der Waals surface area contributed by atoms with Gasteiger partial charge in [-0.1, -0.05) is 5.04 Å². The normalized spacial score (nSPS) is 13.1. The highest BCUT2D eigenvalue weighted by Gasteiger charge is 2.31. The van der Waals surface area contributed by atoms with Gasteiger partial charge in [0.2, 0.25) is 5.88 Å². The van der Waals surface area contributed by atoms with E-state index in [4.69, 9.17) is 15.7 Å². The van der Waals surface area contributed by atoms with Crippen molar-refractivity contribution in [1.82, 2.24) is 9.78 Å². The lowest BCUT2D eigenvalue weighted by Crippen LogP contribution is -2.08. The topological polar surface area (TPSA) is 624 Å². The molecule has 1 heterocycles. The second-order valence-corrected chi connectivity index (χ2v) is 26.4. The van der Waals surface area contributed by atoms with E-state index in [1.165, 1.54) is 6.92 Å². The molecule has 0 bridgehead atoms. The minimum atomic E-state index is -5.75. The van der Waals surface area contributed by atoms with Crippen LogP contribution in [0, 0.1) is 12.1 Å². The van der Waals surface area contributed by atoms with Gasteiger partial charge in [-0.15, -0.1) is 45.2 Å². The van der Waals surface area contributed by atoms with E-state index in [0.717, 1.165) is 60.3 Å². The van der Waals surface area contributed by atoms with Gasteiger partial charge in [-0.3, -0.25) is 32.5 Å². The number of nitrogens with zero attached hydrogens (tertiary/aromatic N) is 11. The van der Waals surface area contributed by atoms with E-state index in [0.29, 0.717) is 36.4 Å². The first kappa shape index (κ1) is 66.0. The molecule has 39 nitrogen and oxygen atoms in total. The number of phenols is 2. The number of hydrogen-bond acceptors (Lipinski definition) is 33. The summed E-state index contributed by atoms with van der Waals surface area (Å²) < 4.78 is 222. The molecule has 0 atom stereocenters. The van der Waals surface area contributed by atoms with Crippen molar-refractivity contribution in [3.8, 4) is 28.8 Å². The summed E-state index contributed by atoms with van der Waals surface area (Å²) in [5.74, 6) is -3.92. The van der Waals surface area contributed by atoms with Crippen LogP contribution in [0.25, 0.3) is 27.2 Å². The second kappa shape index (κ2) is 24.2. The maximum Gasteiger partial charge on any atom is 0.297 e. The first-order valence-electron chi connectivity index (χ1n) is 22.8. The molecule has 0 saturated heterocycles. The fraction of sp³-hybridized carbons (Fsp3) is 0.0465. The number of aromatic nitrogens is 2. The second-order valence-electron chi connectivity index (χ2n) is 17.3. The maximum atomic E-state index is 13.2. The summed E-state index contributed by atoms with van der Waals surface area (Å²) in [5.41, 5.74) is -1.93. The Bertz CT molecular complexity index is 5150. The Morgan fingerprint density at radius 3 is 1.67 bits per heavy atom. The Balaban J connectivity index is 1.25. The lowest BCUT2D eigenvalue weighted by atomic mass is 10.0. The zero-order valence-electron chi connectivity index (χ0n) is 43.4. The third-order valence-electron chi connectivity index (χ3n) is 11.9. The molecular formula is C43H33N12O27S7-. The molecular weight excluding hydrogens is 1340 g/mol. The first-order valence-corrected chi connectivity index (χ1v) is 32.2. The van der Waals surface area contributed by atoms with E-state index in [1.807, 2.05) is 0 Å². The molecule has 0 radical (unpaired) electrons. The quantitative estimate of drug-likeness (QED) is 0.00849. The average molecular weight is 1370 g/mol. The number of aryl methyl sites for hydroxylation is 1. The molecule has 89 heavy (non-hydrogen) atoms. The number of benzene rings is 7. The predicted octanol–water partition coefficient (Wildman–Crippen LogP) is 8.46. The first-order chi connectivity index (χ1) is 41.3. The number of azo groups is 4. The van der Waals surface area contributed by atoms with Crippen molar-refractivity contribution in [3.05, 3.63) is 95.8 Å². The fourth-order valence-electron chi connectivity index (χ4n) is 8.00. The largest absolute Gasteiger partial charge is 0.733 e. The third kappa shape index (κ3) is 13.7. The zero-order valence-corrected chi connectivity index (χ0v) is 49.1. The molecule has 0 saturated carbocycles. The number of nitrogen functional groups attached to an aromatic ring is 1. The molecule has 0 unspecified atom stereocenters. The minimum absolute atomic E-state index is 0.0210. The van der Waals surface area contributed by atoms with Crippen molar-refractivity contribution in [2.24, 2.45) is 40.9 Å². The number of rotatable bonds is 20. The zero-order chi connectivity index (χ0) is 65.8. The van der Waals surface area contributed by atoms with Crippen molar-refractivity contribution in [1.29, 1.82) is 0 Å². The van der Waals surface area contributed by atoms with Crippen molar-refractivity contribution in [3.63, 3.8) is 0 Å². The highest BCUT2D eigenvalue weighted by Crippen LogP contribution is 2.52. The highest BCUT2D eigenvalue weighted by atomic mass is 32.2. The van der Waals surface area contributed by atoms with E-state index >= 15 is 0 Å². The van der Waals surface area contributed by atoms with Gasteiger partial charge in [-0.05, 0) is 85.8 Å². The maximum absolute atomic E-state index is 13.2. The lowest BCUT2D eigenvalue weighted by molar-refractivity contribution is -0.432. The lowest BCUT2D eigenvalue weighted by Gasteiger charge is -2.22. The number of phenolic OH excluding ortho intramolecular Hbond substituents is 2. The molecule has 0 spiro atoms. The summed E-state index contributed by atoms with van der Waals surface area (Å²) >= 11 is -0.0372. The molecule has 0 aliphatic rings. The summed E-state index contributed by atoms with van der Waals surface area (Å²) in [5, 5.41) is 97.3. The van der Waals surface area contributed by atoms with E-state index in [9.17, 15) is 104 Å². The fourth-order valence-corrected chi connectivity index (χ4v) is 12.4. The van der Waals surface area contributed by atoms with Crippen LogP contribution >= 0.6 is 12.0 Å². The van der Waals surface area contributed by atoms with Gasteiger partial charge in [0, 0.05) is 22.2 Å². The molecule has 470 valence electrons. The van der Waals surface area contributed by atoms with E-state index in [2.05, 4.69) is 55.4 Å². The molecule has 0 fully saturated rings. The van der Waals surface area contributed by atoms with E-state index in [1.54, 1.807) is 0 Å². The number of hydrogen-bond donors (Lipinski definition) is 12. The summed E-state index contributed by atoms with van der Waals surface area (Å²) in [6, 6.07) is 10.6. The number of nitrogens with two attached hydrogens (primary N) is 1. The van der Waals surface area contributed by atoms with Crippen molar-refractivity contribution >= 4 is 151 Å². The summed E-state index contributed by atoms with van der Waals surface area (Å²) in [6.45, 7) is 1.30. The Labute approximate surface area is 500 Å². The number of anilines is 2. The standard InChI is InChI=1S/C43H33N12O27S7/c1-17-37(43(58)54(53-17)18-3-6-20(7-4-18)84(62,63)64)50-48-27-14-26(29(80-2)16-33(27)87(71,72)73)47-52-39-34(88(74,75)76)13-22-21(40(39)56)8-10-25(42(22)89(77,78)79)46-49-28-15-31(85(65,66)67)23-12-30(83-82-81-61)38(41(57)35(23)36(28)44)51-45-24-9-5-19(55(59)60)11-32(24)86(68,69)70/h3-16,56-59,61H,44H2,1-2H3,(H,62,63,64)(H,65,66,67)(H,68,69,70)(H,71,72,73)(H,74,75,76)(H,77,78,79)/q-1. The van der Waals surface area contributed by atoms with Crippen LogP contribution in [-0.2, 0) is 70.1 Å². The number of methoxy groups -OCH3 is 1. The molecule has 0 amide bonds. The van der Waals surface area contributed by atoms with Crippen LogP contribution in [0.4, 0.5) is 56.9 Å². The van der Waals surface area contributed by atoms with E-state index in [-0.39, 0.29) is 23.4 Å². The number of ether oxygens (including phenoxy) is 1. The Morgan fingerprint density at radius 2 is 1.10 bits per heavy atom. The summed E-state index contributed by atoms with van der Waals surface area (Å²) in [4.78, 5) is -7.37. The molecule has 8 rings (SSSR count). The van der Waals surface area contributed by atoms with Crippen LogP contribution in [0.5, 0.6) is 23.1 Å². The smallest absolute Gasteiger partial charge is 0.297 e. The van der Waals surface area contributed by atoms with Crippen LogP contribution in [0.2, 0.25) is 0 Å². The van der Waals surface area contributed by atoms with Gasteiger partial charge < -0.3 is 36.2 Å². The van der Waals surface area contributed by atoms with Crippen LogP contribution in [0.3, 0.4) is 0 Å². The summed E-state index contributed by atoms with van der Waals surface area (Å²) in [7, 11) is -31.2. The molecule has 13 N–H and O–H groups in total. The van der Waals surface area contributed by atoms with Crippen LogP contribution in [-0.4, -0.2) is 120 Å². The van der Waals surface area contributed by atoms with Gasteiger partial charge in [0.15, 0.2) is 17.2 Å². The van der Waals surface area contributed by atoms with Crippen molar-refractivity contribution in [2.45, 2.75) is 41.2 Å². The monoisotopic (exact) mass is 1370 g/mol. The SMILES string of the molecule is COc1cc(S(=O)(=O)O)c(N=Nc2c(C)nn(-c3ccc(S(=O)(=O)O)cc3)c2O)cc1N=Nc1c(S(=O)(=O)O)cc2c(S(=O)(=O)O)c(N=Nc3cc(S(=O)(=O)O)c4cc(SOOO)c(N=Nc5ccc(N([O-])O)cc5S(=O)(=O)O)c(O)c4c3N)ccc2c1O. The van der Waals surface area contributed by atoms with Gasteiger partial charge in [0.05, 0.1) is 57.1 Å². The van der Waals surface area contributed by atoms with Crippen molar-refractivity contribution < 1.29 is 118 Å². The Kier molecular flexibility index (Phi) is 18.0. The highest BCUT2D eigenvalue weighted by molar-refractivity contribution is 7.94.